The normalized spacial score (nSPS) is 23.4. The van der Waals surface area contributed by atoms with Gasteiger partial charge in [0.15, 0.2) is 0 Å². The second kappa shape index (κ2) is 4.30. The van der Waals surface area contributed by atoms with Gasteiger partial charge >= 0.3 is 0 Å². The molecule has 0 aromatic rings. The summed E-state index contributed by atoms with van der Waals surface area (Å²) in [5.41, 5.74) is 2.47. The van der Waals surface area contributed by atoms with E-state index < -0.39 is 0 Å². The number of allylic oxidation sites excluding steroid dienone is 2. The lowest BCUT2D eigenvalue weighted by atomic mass is 9.84. The van der Waals surface area contributed by atoms with E-state index in [1.807, 2.05) is 0 Å². The van der Waals surface area contributed by atoms with Crippen LogP contribution in [0.5, 0.6) is 0 Å². The molecule has 0 aliphatic heterocycles. The molecule has 1 rings (SSSR count). The third-order valence-corrected chi connectivity index (χ3v) is 2.79. The van der Waals surface area contributed by atoms with Crippen molar-refractivity contribution in [1.29, 1.82) is 5.26 Å². The van der Waals surface area contributed by atoms with Crippen LogP contribution >= 0.6 is 0 Å². The van der Waals surface area contributed by atoms with Crippen LogP contribution in [0, 0.1) is 17.2 Å². The van der Waals surface area contributed by atoms with Crippen LogP contribution in [-0.2, 0) is 0 Å². The third-order valence-electron chi connectivity index (χ3n) is 2.79. The van der Waals surface area contributed by atoms with Crippen LogP contribution in [0.4, 0.5) is 0 Å². The van der Waals surface area contributed by atoms with E-state index >= 15 is 0 Å². The van der Waals surface area contributed by atoms with Crippen molar-refractivity contribution in [2.24, 2.45) is 5.92 Å². The molecule has 0 aromatic carbocycles. The van der Waals surface area contributed by atoms with Gasteiger partial charge in [-0.15, -0.1) is 0 Å². The highest BCUT2D eigenvalue weighted by Gasteiger charge is 2.14. The quantitative estimate of drug-likeness (QED) is 0.543. The first-order valence-electron chi connectivity index (χ1n) is 4.89. The summed E-state index contributed by atoms with van der Waals surface area (Å²) in [6.45, 7) is 4.37. The highest BCUT2D eigenvalue weighted by Crippen LogP contribution is 2.30. The molecule has 0 aromatic heterocycles. The largest absolute Gasteiger partial charge is 0.193 e. The third kappa shape index (κ3) is 2.11. The molecule has 0 N–H and O–H groups in total. The van der Waals surface area contributed by atoms with Crippen LogP contribution in [0.3, 0.4) is 0 Å². The van der Waals surface area contributed by atoms with Gasteiger partial charge < -0.3 is 0 Å². The number of nitriles is 1. The molecule has 1 aliphatic rings. The lowest BCUT2D eigenvalue weighted by Crippen LogP contribution is -2.05. The first kappa shape index (κ1) is 9.32. The molecule has 1 heteroatoms. The Bertz CT molecular complexity index is 210. The van der Waals surface area contributed by atoms with Gasteiger partial charge in [0.05, 0.1) is 6.07 Å². The van der Waals surface area contributed by atoms with Gasteiger partial charge in [0.25, 0.3) is 0 Å². The van der Waals surface area contributed by atoms with Crippen LogP contribution in [-0.4, -0.2) is 0 Å². The van der Waals surface area contributed by atoms with Crippen LogP contribution in [0.2, 0.25) is 0 Å². The van der Waals surface area contributed by atoms with Gasteiger partial charge in [0.2, 0.25) is 0 Å². The SMILES string of the molecule is CCC(C#N)=C1CCC(C)CC1. The highest BCUT2D eigenvalue weighted by molar-refractivity contribution is 5.28. The molecule has 0 spiro atoms. The fourth-order valence-corrected chi connectivity index (χ4v) is 1.82. The average molecular weight is 163 g/mol. The van der Waals surface area contributed by atoms with Gasteiger partial charge in [-0.2, -0.15) is 5.26 Å². The lowest BCUT2D eigenvalue weighted by Gasteiger charge is -2.21. The predicted molar refractivity (Wildman–Crippen MR) is 50.6 cm³/mol. The van der Waals surface area contributed by atoms with E-state index in [0.29, 0.717) is 0 Å². The van der Waals surface area contributed by atoms with E-state index in [2.05, 4.69) is 19.9 Å². The second-order valence-corrected chi connectivity index (χ2v) is 3.73. The van der Waals surface area contributed by atoms with Crippen molar-refractivity contribution in [2.45, 2.75) is 46.0 Å². The molecular weight excluding hydrogens is 146 g/mol. The number of nitrogens with zero attached hydrogens (tertiary/aromatic N) is 1. The molecule has 1 saturated carbocycles. The van der Waals surface area contributed by atoms with E-state index in [-0.39, 0.29) is 0 Å². The molecular formula is C11H17N. The molecule has 0 unspecified atom stereocenters. The Morgan fingerprint density at radius 3 is 2.50 bits per heavy atom. The Balaban J connectivity index is 2.64. The molecule has 66 valence electrons. The fraction of sp³-hybridized carbons (Fsp3) is 0.727. The lowest BCUT2D eigenvalue weighted by molar-refractivity contribution is 0.441. The average Bonchev–Trinajstić information content (AvgIpc) is 2.10. The maximum absolute atomic E-state index is 8.84. The maximum atomic E-state index is 8.84. The molecule has 1 aliphatic carbocycles. The van der Waals surface area contributed by atoms with Crippen molar-refractivity contribution in [3.8, 4) is 6.07 Å². The van der Waals surface area contributed by atoms with Crippen LogP contribution in [0.1, 0.15) is 46.0 Å². The molecule has 0 saturated heterocycles. The Morgan fingerprint density at radius 2 is 2.08 bits per heavy atom. The molecule has 1 fully saturated rings. The summed E-state index contributed by atoms with van der Waals surface area (Å²) >= 11 is 0. The van der Waals surface area contributed by atoms with Crippen molar-refractivity contribution >= 4 is 0 Å². The first-order chi connectivity index (χ1) is 5.77. The van der Waals surface area contributed by atoms with E-state index in [1.54, 1.807) is 0 Å². The summed E-state index contributed by atoms with van der Waals surface area (Å²) in [4.78, 5) is 0. The minimum Gasteiger partial charge on any atom is -0.193 e. The summed E-state index contributed by atoms with van der Waals surface area (Å²) in [5, 5.41) is 8.84. The maximum Gasteiger partial charge on any atom is 0.0946 e. The minimum absolute atomic E-state index is 0.866. The van der Waals surface area contributed by atoms with Crippen molar-refractivity contribution < 1.29 is 0 Å². The Labute approximate surface area is 75.1 Å². The Hall–Kier alpha value is -0.770. The Kier molecular flexibility index (Phi) is 3.34. The van der Waals surface area contributed by atoms with Gasteiger partial charge in [-0.25, -0.2) is 0 Å². The van der Waals surface area contributed by atoms with Crippen molar-refractivity contribution in [1.82, 2.24) is 0 Å². The zero-order chi connectivity index (χ0) is 8.97. The molecule has 0 radical (unpaired) electrons. The zero-order valence-electron chi connectivity index (χ0n) is 8.06. The minimum atomic E-state index is 0.866. The molecule has 12 heavy (non-hydrogen) atoms. The first-order valence-corrected chi connectivity index (χ1v) is 4.89. The topological polar surface area (TPSA) is 23.8 Å². The zero-order valence-corrected chi connectivity index (χ0v) is 8.06. The van der Waals surface area contributed by atoms with Crippen LogP contribution in [0.15, 0.2) is 11.1 Å². The van der Waals surface area contributed by atoms with Crippen LogP contribution in [0.25, 0.3) is 0 Å². The second-order valence-electron chi connectivity index (χ2n) is 3.73. The van der Waals surface area contributed by atoms with Crippen molar-refractivity contribution in [3.05, 3.63) is 11.1 Å². The molecule has 0 heterocycles. The monoisotopic (exact) mass is 163 g/mol. The standard InChI is InChI=1S/C11H17N/c1-3-10(8-12)11-6-4-9(2)5-7-11/h9H,3-7H2,1-2H3. The summed E-state index contributed by atoms with van der Waals surface area (Å²) < 4.78 is 0. The van der Waals surface area contributed by atoms with Crippen molar-refractivity contribution in [3.63, 3.8) is 0 Å². The van der Waals surface area contributed by atoms with Gasteiger partial charge in [-0.3, -0.25) is 0 Å². The van der Waals surface area contributed by atoms with E-state index in [0.717, 1.165) is 30.8 Å². The summed E-state index contributed by atoms with van der Waals surface area (Å²) in [5.74, 6) is 0.866. The molecule has 0 amide bonds. The number of rotatable bonds is 1. The van der Waals surface area contributed by atoms with E-state index in [4.69, 9.17) is 5.26 Å². The highest BCUT2D eigenvalue weighted by atomic mass is 14.3. The molecule has 1 nitrogen and oxygen atoms in total. The Morgan fingerprint density at radius 1 is 1.50 bits per heavy atom. The van der Waals surface area contributed by atoms with E-state index in [1.165, 1.54) is 18.4 Å². The van der Waals surface area contributed by atoms with Gasteiger partial charge in [-0.1, -0.05) is 19.4 Å². The summed E-state index contributed by atoms with van der Waals surface area (Å²) in [7, 11) is 0. The number of hydrogen-bond acceptors (Lipinski definition) is 1. The summed E-state index contributed by atoms with van der Waals surface area (Å²) in [6, 6.07) is 2.32. The summed E-state index contributed by atoms with van der Waals surface area (Å²) in [6.07, 6.45) is 5.80. The molecule has 0 atom stereocenters. The number of hydrogen-bond donors (Lipinski definition) is 0. The van der Waals surface area contributed by atoms with Crippen LogP contribution < -0.4 is 0 Å². The van der Waals surface area contributed by atoms with Crippen molar-refractivity contribution in [2.75, 3.05) is 0 Å². The van der Waals surface area contributed by atoms with Gasteiger partial charge in [0, 0.05) is 5.57 Å². The smallest absolute Gasteiger partial charge is 0.0946 e. The van der Waals surface area contributed by atoms with Gasteiger partial charge in [0.1, 0.15) is 0 Å². The fourth-order valence-electron chi connectivity index (χ4n) is 1.82. The molecule has 0 bridgehead atoms. The van der Waals surface area contributed by atoms with E-state index in [9.17, 15) is 0 Å². The van der Waals surface area contributed by atoms with Gasteiger partial charge in [-0.05, 0) is 38.0 Å². The predicted octanol–water partition coefficient (Wildman–Crippen LogP) is 3.43.